The molecule has 2 heterocycles. The SMILES string of the molecule is CCCC(NC(=O)C(O)c1cc(F)cc(F)c1)C(=O)Nc1cn(C(C)(C)CN2CCCC2)cn1. The van der Waals surface area contributed by atoms with Crippen molar-refractivity contribution in [1.29, 1.82) is 0 Å². The number of carbonyl (C=O) groups is 2. The van der Waals surface area contributed by atoms with Gasteiger partial charge in [-0.05, 0) is 63.9 Å². The second-order valence-electron chi connectivity index (χ2n) is 9.41. The van der Waals surface area contributed by atoms with Crippen LogP contribution in [0.5, 0.6) is 0 Å². The van der Waals surface area contributed by atoms with Crippen LogP contribution in [0, 0.1) is 11.6 Å². The number of hydrogen-bond donors (Lipinski definition) is 3. The van der Waals surface area contributed by atoms with Crippen molar-refractivity contribution in [1.82, 2.24) is 19.8 Å². The normalized spacial score (nSPS) is 16.3. The Morgan fingerprint density at radius 2 is 1.79 bits per heavy atom. The van der Waals surface area contributed by atoms with Crippen molar-refractivity contribution in [2.45, 2.75) is 64.1 Å². The molecule has 0 bridgehead atoms. The average molecular weight is 478 g/mol. The molecule has 186 valence electrons. The molecule has 1 fully saturated rings. The predicted molar refractivity (Wildman–Crippen MR) is 124 cm³/mol. The van der Waals surface area contributed by atoms with Gasteiger partial charge in [0.05, 0.1) is 11.9 Å². The Hall–Kier alpha value is -2.85. The summed E-state index contributed by atoms with van der Waals surface area (Å²) in [4.78, 5) is 32.0. The lowest BCUT2D eigenvalue weighted by molar-refractivity contribution is -0.133. The fourth-order valence-corrected chi connectivity index (χ4v) is 4.19. The number of rotatable bonds is 10. The largest absolute Gasteiger partial charge is 0.378 e. The third-order valence-corrected chi connectivity index (χ3v) is 6.00. The van der Waals surface area contributed by atoms with Crippen molar-refractivity contribution in [3.05, 3.63) is 47.9 Å². The highest BCUT2D eigenvalue weighted by atomic mass is 19.1. The van der Waals surface area contributed by atoms with E-state index in [4.69, 9.17) is 0 Å². The van der Waals surface area contributed by atoms with Gasteiger partial charge in [0.1, 0.15) is 17.7 Å². The molecule has 1 aromatic carbocycles. The number of halogens is 2. The summed E-state index contributed by atoms with van der Waals surface area (Å²) in [6, 6.07) is 1.44. The fourth-order valence-electron chi connectivity index (χ4n) is 4.19. The molecule has 1 aliphatic heterocycles. The van der Waals surface area contributed by atoms with Gasteiger partial charge in [-0.2, -0.15) is 0 Å². The van der Waals surface area contributed by atoms with Crippen LogP contribution in [-0.2, 0) is 15.1 Å². The van der Waals surface area contributed by atoms with Crippen molar-refractivity contribution in [3.63, 3.8) is 0 Å². The van der Waals surface area contributed by atoms with Gasteiger partial charge in [0, 0.05) is 18.8 Å². The van der Waals surface area contributed by atoms with Gasteiger partial charge in [-0.1, -0.05) is 13.3 Å². The number of hydrogen-bond acceptors (Lipinski definition) is 5. The molecule has 3 rings (SSSR count). The standard InChI is InChI=1S/C24H33F2N5O3/c1-4-7-19(28-23(34)21(32)16-10-17(25)12-18(26)11-16)22(33)29-20-13-31(15-27-20)24(2,3)14-30-8-5-6-9-30/h10-13,15,19,21,32H,4-9,14H2,1-3H3,(H,28,34)(H,29,33). The third-order valence-electron chi connectivity index (χ3n) is 6.00. The second kappa shape index (κ2) is 11.1. The van der Waals surface area contributed by atoms with E-state index in [-0.39, 0.29) is 11.1 Å². The maximum atomic E-state index is 13.4. The summed E-state index contributed by atoms with van der Waals surface area (Å²) in [5.74, 6) is -2.88. The first kappa shape index (κ1) is 25.8. The van der Waals surface area contributed by atoms with Crippen LogP contribution in [0.25, 0.3) is 0 Å². The lowest BCUT2D eigenvalue weighted by atomic mass is 10.1. The van der Waals surface area contributed by atoms with E-state index in [2.05, 4.69) is 34.4 Å². The molecular formula is C24H33F2N5O3. The van der Waals surface area contributed by atoms with Crippen LogP contribution in [0.3, 0.4) is 0 Å². The van der Waals surface area contributed by atoms with Gasteiger partial charge in [-0.15, -0.1) is 0 Å². The average Bonchev–Trinajstić information content (AvgIpc) is 3.44. The number of anilines is 1. The van der Waals surface area contributed by atoms with Crippen LogP contribution < -0.4 is 10.6 Å². The Labute approximate surface area is 198 Å². The summed E-state index contributed by atoms with van der Waals surface area (Å²) in [5.41, 5.74) is -0.452. The van der Waals surface area contributed by atoms with Crippen LogP contribution in [-0.4, -0.2) is 57.0 Å². The molecule has 0 radical (unpaired) electrons. The van der Waals surface area contributed by atoms with Gasteiger partial charge in [0.15, 0.2) is 11.9 Å². The number of amides is 2. The number of imidazole rings is 1. The molecule has 0 aliphatic carbocycles. The molecule has 2 aromatic rings. The Bertz CT molecular complexity index is 984. The minimum absolute atomic E-state index is 0.221. The van der Waals surface area contributed by atoms with Crippen molar-refractivity contribution >= 4 is 17.6 Å². The molecule has 0 saturated carbocycles. The number of benzene rings is 1. The Kier molecular flexibility index (Phi) is 8.37. The first-order valence-corrected chi connectivity index (χ1v) is 11.6. The summed E-state index contributed by atoms with van der Waals surface area (Å²) >= 11 is 0. The van der Waals surface area contributed by atoms with E-state index < -0.39 is 35.6 Å². The fraction of sp³-hybridized carbons (Fsp3) is 0.542. The van der Waals surface area contributed by atoms with E-state index in [1.54, 1.807) is 12.5 Å². The first-order chi connectivity index (χ1) is 16.1. The van der Waals surface area contributed by atoms with E-state index in [0.717, 1.165) is 31.8 Å². The van der Waals surface area contributed by atoms with Crippen LogP contribution in [0.1, 0.15) is 58.1 Å². The third kappa shape index (κ3) is 6.60. The van der Waals surface area contributed by atoms with E-state index >= 15 is 0 Å². The molecule has 2 unspecified atom stereocenters. The molecular weight excluding hydrogens is 444 g/mol. The summed E-state index contributed by atoms with van der Waals surface area (Å²) in [7, 11) is 0. The lowest BCUT2D eigenvalue weighted by Gasteiger charge is -2.31. The number of likely N-dealkylation sites (tertiary alicyclic amines) is 1. The van der Waals surface area contributed by atoms with Gasteiger partial charge in [0.2, 0.25) is 5.91 Å². The Balaban J connectivity index is 1.63. The Morgan fingerprint density at radius 3 is 2.41 bits per heavy atom. The number of carbonyl (C=O) groups excluding carboxylic acids is 2. The summed E-state index contributed by atoms with van der Waals surface area (Å²) < 4.78 is 28.8. The maximum absolute atomic E-state index is 13.4. The monoisotopic (exact) mass is 477 g/mol. The molecule has 2 atom stereocenters. The molecule has 1 aliphatic rings. The number of nitrogens with one attached hydrogen (secondary N) is 2. The van der Waals surface area contributed by atoms with Crippen LogP contribution in [0.2, 0.25) is 0 Å². The Morgan fingerprint density at radius 1 is 1.15 bits per heavy atom. The van der Waals surface area contributed by atoms with Crippen molar-refractivity contribution in [3.8, 4) is 0 Å². The van der Waals surface area contributed by atoms with Gasteiger partial charge in [-0.3, -0.25) is 9.59 Å². The van der Waals surface area contributed by atoms with Crippen molar-refractivity contribution in [2.75, 3.05) is 25.0 Å². The first-order valence-electron chi connectivity index (χ1n) is 11.6. The van der Waals surface area contributed by atoms with E-state index in [9.17, 15) is 23.5 Å². The molecule has 0 spiro atoms. The highest BCUT2D eigenvalue weighted by molar-refractivity contribution is 5.97. The lowest BCUT2D eigenvalue weighted by Crippen LogP contribution is -2.45. The smallest absolute Gasteiger partial charge is 0.254 e. The van der Waals surface area contributed by atoms with Crippen LogP contribution >= 0.6 is 0 Å². The molecule has 1 aromatic heterocycles. The highest BCUT2D eigenvalue weighted by Gasteiger charge is 2.28. The number of nitrogens with zero attached hydrogens (tertiary/aromatic N) is 3. The van der Waals surface area contributed by atoms with Crippen molar-refractivity contribution in [2.24, 2.45) is 0 Å². The topological polar surface area (TPSA) is 99.5 Å². The predicted octanol–water partition coefficient (Wildman–Crippen LogP) is 2.95. The molecule has 10 heteroatoms. The van der Waals surface area contributed by atoms with Crippen LogP contribution in [0.4, 0.5) is 14.6 Å². The number of aliphatic hydroxyl groups excluding tert-OH is 1. The van der Waals surface area contributed by atoms with Gasteiger partial charge >= 0.3 is 0 Å². The maximum Gasteiger partial charge on any atom is 0.254 e. The van der Waals surface area contributed by atoms with Gasteiger partial charge in [0.25, 0.3) is 5.91 Å². The molecule has 8 nitrogen and oxygen atoms in total. The molecule has 2 amide bonds. The summed E-state index contributed by atoms with van der Waals surface area (Å²) in [5, 5.41) is 15.4. The number of aromatic nitrogens is 2. The minimum atomic E-state index is -1.82. The van der Waals surface area contributed by atoms with E-state index in [1.165, 1.54) is 12.8 Å². The zero-order valence-corrected chi connectivity index (χ0v) is 19.9. The zero-order valence-electron chi connectivity index (χ0n) is 19.9. The number of aliphatic hydroxyl groups is 1. The zero-order chi connectivity index (χ0) is 24.9. The quantitative estimate of drug-likeness (QED) is 0.489. The van der Waals surface area contributed by atoms with Gasteiger partial charge < -0.3 is 25.2 Å². The summed E-state index contributed by atoms with van der Waals surface area (Å²) in [6.45, 7) is 9.08. The van der Waals surface area contributed by atoms with Crippen molar-refractivity contribution < 1.29 is 23.5 Å². The summed E-state index contributed by atoms with van der Waals surface area (Å²) in [6.07, 6.45) is 4.90. The van der Waals surface area contributed by atoms with E-state index in [0.29, 0.717) is 24.7 Å². The highest BCUT2D eigenvalue weighted by Crippen LogP contribution is 2.22. The molecule has 3 N–H and O–H groups in total. The minimum Gasteiger partial charge on any atom is -0.378 e. The van der Waals surface area contributed by atoms with E-state index in [1.807, 2.05) is 11.5 Å². The molecule has 34 heavy (non-hydrogen) atoms. The van der Waals surface area contributed by atoms with Gasteiger partial charge in [-0.25, -0.2) is 13.8 Å². The second-order valence-corrected chi connectivity index (χ2v) is 9.41. The molecule has 1 saturated heterocycles. The van der Waals surface area contributed by atoms with Crippen LogP contribution in [0.15, 0.2) is 30.7 Å².